The van der Waals surface area contributed by atoms with E-state index in [1.54, 1.807) is 0 Å². The first kappa shape index (κ1) is 47.5. The molecular weight excluding hydrogens is 1110 g/mol. The molecule has 0 saturated heterocycles. The summed E-state index contributed by atoms with van der Waals surface area (Å²) >= 11 is 0. The van der Waals surface area contributed by atoms with Gasteiger partial charge >= 0.3 is 0 Å². The van der Waals surface area contributed by atoms with Gasteiger partial charge in [-0.15, -0.1) is 0 Å². The number of hydrogen-bond acceptors (Lipinski definition) is 6. The predicted molar refractivity (Wildman–Crippen MR) is 362 cm³/mol. The van der Waals surface area contributed by atoms with Gasteiger partial charge in [-0.1, -0.05) is 146 Å². The number of furan rings is 4. The summed E-state index contributed by atoms with van der Waals surface area (Å²) in [5.41, 5.74) is 15.5. The second kappa shape index (κ2) is 17.0. The van der Waals surface area contributed by atoms with Crippen LogP contribution in [0.1, 0.15) is 11.1 Å². The van der Waals surface area contributed by atoms with Crippen molar-refractivity contribution < 1.29 is 17.7 Å². The third-order valence-corrected chi connectivity index (χ3v) is 19.2. The van der Waals surface area contributed by atoms with Crippen molar-refractivity contribution in [2.24, 2.45) is 0 Å². The zero-order valence-electron chi connectivity index (χ0n) is 47.4. The third kappa shape index (κ3) is 5.81. The van der Waals surface area contributed by atoms with Crippen molar-refractivity contribution in [3.8, 4) is 34.9 Å². The molecule has 0 aliphatic rings. The Balaban J connectivity index is 1.06. The topological polar surface area (TPSA) is 120 Å². The van der Waals surface area contributed by atoms with Crippen molar-refractivity contribution in [1.29, 1.82) is 10.5 Å². The van der Waals surface area contributed by atoms with E-state index in [0.29, 0.717) is 33.9 Å². The molecule has 0 radical (unpaired) electrons. The minimum absolute atomic E-state index is 0.333. The van der Waals surface area contributed by atoms with Gasteiger partial charge < -0.3 is 35.9 Å². The summed E-state index contributed by atoms with van der Waals surface area (Å²) in [5.74, 6) is 0. The van der Waals surface area contributed by atoms with Gasteiger partial charge in [0.25, 0.3) is 0 Å². The van der Waals surface area contributed by atoms with Gasteiger partial charge in [0.1, 0.15) is 67.9 Å². The number of nitrogens with zero attached hydrogens (tertiary/aromatic N) is 6. The molecule has 0 unspecified atom stereocenters. The molecule has 90 heavy (non-hydrogen) atoms. The lowest BCUT2D eigenvalue weighted by molar-refractivity contribution is 0.669. The van der Waals surface area contributed by atoms with Crippen LogP contribution in [-0.4, -0.2) is 18.3 Å². The van der Waals surface area contributed by atoms with E-state index in [-0.39, 0.29) is 0 Å². The highest BCUT2D eigenvalue weighted by molar-refractivity contribution is 6.32. The largest absolute Gasteiger partial charge is 0.456 e. The SMILES string of the molecule is N#Cc1c(-n2c3ccccc3c3c4c(ccc32)oc2ccccc24)c(-n2c3ccccc3c3c4c(ccc32)oc2ccccc24)c(C#N)c(-n2c3ccccc3c3c4c(ccc32)oc2ccccc24)c1-n1c2ccccc2c2c3c(ccc21)oc1ccccc13. The first-order chi connectivity index (χ1) is 44.6. The maximum atomic E-state index is 13.2. The molecule has 8 heterocycles. The monoisotopic (exact) mass is 1150 g/mol. The Bertz CT molecular complexity index is 6130. The molecule has 10 heteroatoms. The number of aromatic nitrogens is 4. The van der Waals surface area contributed by atoms with Crippen LogP contribution in [-0.2, 0) is 0 Å². The average Bonchev–Trinajstić information content (AvgIpc) is 1.56. The average molecular weight is 1150 g/mol. The highest BCUT2D eigenvalue weighted by Crippen LogP contribution is 2.53. The Morgan fingerprint density at radius 1 is 0.200 bits per heavy atom. The van der Waals surface area contributed by atoms with E-state index in [1.807, 2.05) is 97.1 Å². The Kier molecular flexibility index (Phi) is 8.98. The Labute approximate surface area is 507 Å². The number of nitriles is 2. The second-order valence-electron chi connectivity index (χ2n) is 23.5. The highest BCUT2D eigenvalue weighted by Gasteiger charge is 2.36. The normalized spacial score (nSPS) is 12.4. The van der Waals surface area contributed by atoms with Crippen LogP contribution < -0.4 is 0 Å². The molecule has 0 atom stereocenters. The van der Waals surface area contributed by atoms with Crippen molar-refractivity contribution >= 4 is 175 Å². The van der Waals surface area contributed by atoms with Crippen LogP contribution in [0.25, 0.3) is 198 Å². The van der Waals surface area contributed by atoms with Crippen molar-refractivity contribution in [3.05, 3.63) is 254 Å². The molecule has 0 amide bonds. The summed E-state index contributed by atoms with van der Waals surface area (Å²) in [7, 11) is 0. The fourth-order valence-corrected chi connectivity index (χ4v) is 15.8. The van der Waals surface area contributed by atoms with Gasteiger partial charge in [-0.2, -0.15) is 10.5 Å². The molecule has 0 aliphatic heterocycles. The molecule has 414 valence electrons. The summed E-state index contributed by atoms with van der Waals surface area (Å²) < 4.78 is 35.7. The summed E-state index contributed by atoms with van der Waals surface area (Å²) in [6.07, 6.45) is 0. The van der Waals surface area contributed by atoms with Gasteiger partial charge in [-0.3, -0.25) is 0 Å². The molecule has 0 bridgehead atoms. The van der Waals surface area contributed by atoms with E-state index in [0.717, 1.165) is 175 Å². The predicted octanol–water partition coefficient (Wildman–Crippen LogP) is 21.4. The van der Waals surface area contributed by atoms with E-state index in [1.165, 1.54) is 0 Å². The summed E-state index contributed by atoms with van der Waals surface area (Å²) in [6, 6.07) is 89.1. The van der Waals surface area contributed by atoms with Gasteiger partial charge in [0, 0.05) is 86.2 Å². The van der Waals surface area contributed by atoms with Crippen LogP contribution in [0.2, 0.25) is 0 Å². The van der Waals surface area contributed by atoms with Crippen molar-refractivity contribution in [2.45, 2.75) is 0 Å². The van der Waals surface area contributed by atoms with Gasteiger partial charge in [-0.25, -0.2) is 0 Å². The number of hydrogen-bond donors (Lipinski definition) is 0. The molecule has 0 N–H and O–H groups in total. The summed E-state index contributed by atoms with van der Waals surface area (Å²) in [5, 5.41) is 41.9. The molecular formula is C80H40N6O4. The van der Waals surface area contributed by atoms with Crippen LogP contribution in [0.3, 0.4) is 0 Å². The zero-order chi connectivity index (χ0) is 58.8. The Morgan fingerprint density at radius 2 is 0.411 bits per heavy atom. The number of para-hydroxylation sites is 8. The standard InChI is InChI=1S/C80H40N6O4/c81-41-51-77(83-53-25-9-1-17-43(53)69-57(83)33-37-65-73(69)47-21-5-13-29-61(47)87-65)78(84-54-26-10-2-18-44(54)70-58(84)34-38-66-74(70)48-22-6-14-30-62(48)88-66)52(42-82)80(86-56-28-12-4-20-46(56)72-60(86)36-40-68-76(72)50-24-8-16-32-64(50)90-68)79(51)85-55-27-11-3-19-45(55)71-59(85)35-39-67-75(71)49-23-7-15-31-63(49)89-67/h1-40H. The minimum Gasteiger partial charge on any atom is -0.456 e. The van der Waals surface area contributed by atoms with Gasteiger partial charge in [0.2, 0.25) is 0 Å². The first-order valence-electron chi connectivity index (χ1n) is 30.0. The smallest absolute Gasteiger partial charge is 0.136 e. The molecule has 0 aliphatic carbocycles. The van der Waals surface area contributed by atoms with Gasteiger partial charge in [-0.05, 0) is 97.1 Å². The van der Waals surface area contributed by atoms with Gasteiger partial charge in [0.05, 0.1) is 66.9 Å². The third-order valence-electron chi connectivity index (χ3n) is 19.2. The fourth-order valence-electron chi connectivity index (χ4n) is 15.8. The second-order valence-corrected chi connectivity index (χ2v) is 23.5. The van der Waals surface area contributed by atoms with E-state index in [4.69, 9.17) is 17.7 Å². The molecule has 10 nitrogen and oxygen atoms in total. The molecule has 21 aromatic rings. The van der Waals surface area contributed by atoms with Crippen LogP contribution >= 0.6 is 0 Å². The zero-order valence-corrected chi connectivity index (χ0v) is 47.4. The van der Waals surface area contributed by atoms with Crippen molar-refractivity contribution in [2.75, 3.05) is 0 Å². The van der Waals surface area contributed by atoms with Crippen molar-refractivity contribution in [3.63, 3.8) is 0 Å². The Morgan fingerprint density at radius 3 is 0.644 bits per heavy atom. The van der Waals surface area contributed by atoms with Gasteiger partial charge in [0.15, 0.2) is 0 Å². The maximum Gasteiger partial charge on any atom is 0.136 e. The van der Waals surface area contributed by atoms with E-state index < -0.39 is 0 Å². The van der Waals surface area contributed by atoms with E-state index in [9.17, 15) is 10.5 Å². The lowest BCUT2D eigenvalue weighted by Gasteiger charge is -2.27. The van der Waals surface area contributed by atoms with Crippen LogP contribution in [0, 0.1) is 22.7 Å². The molecule has 0 saturated carbocycles. The Hall–Kier alpha value is -12.8. The molecule has 8 aromatic heterocycles. The van der Waals surface area contributed by atoms with E-state index >= 15 is 0 Å². The maximum absolute atomic E-state index is 13.2. The number of rotatable bonds is 4. The highest BCUT2D eigenvalue weighted by atomic mass is 16.3. The lowest BCUT2D eigenvalue weighted by atomic mass is 9.98. The van der Waals surface area contributed by atoms with Crippen molar-refractivity contribution in [1.82, 2.24) is 18.3 Å². The minimum atomic E-state index is 0.333. The quantitative estimate of drug-likeness (QED) is 0.173. The van der Waals surface area contributed by atoms with Crippen LogP contribution in [0.5, 0.6) is 0 Å². The summed E-state index contributed by atoms with van der Waals surface area (Å²) in [6.45, 7) is 0. The summed E-state index contributed by atoms with van der Waals surface area (Å²) in [4.78, 5) is 0. The fraction of sp³-hybridized carbons (Fsp3) is 0. The molecule has 0 spiro atoms. The van der Waals surface area contributed by atoms with Crippen LogP contribution in [0.15, 0.2) is 260 Å². The number of fused-ring (bicyclic) bond motifs is 28. The van der Waals surface area contributed by atoms with E-state index in [2.05, 4.69) is 176 Å². The van der Waals surface area contributed by atoms with Crippen LogP contribution in [0.4, 0.5) is 0 Å². The molecule has 13 aromatic carbocycles. The molecule has 0 fully saturated rings. The first-order valence-corrected chi connectivity index (χ1v) is 30.0. The number of benzene rings is 13. The molecule has 21 rings (SSSR count). The lowest BCUT2D eigenvalue weighted by Crippen LogP contribution is -2.16.